The maximum Gasteiger partial charge on any atom is 0.254 e. The van der Waals surface area contributed by atoms with Gasteiger partial charge in [-0.3, -0.25) is 19.0 Å². The van der Waals surface area contributed by atoms with Crippen molar-refractivity contribution in [2.24, 2.45) is 0 Å². The smallest absolute Gasteiger partial charge is 0.254 e. The Morgan fingerprint density at radius 2 is 1.59 bits per heavy atom. The van der Waals surface area contributed by atoms with Crippen molar-refractivity contribution in [3.63, 3.8) is 0 Å². The molecule has 0 saturated carbocycles. The average molecular weight is 390 g/mol. The topological polar surface area (TPSA) is 93.1 Å². The van der Waals surface area contributed by atoms with Gasteiger partial charge in [0.1, 0.15) is 12.4 Å². The molecule has 3 rings (SSSR count). The van der Waals surface area contributed by atoms with Crippen LogP contribution in [0.25, 0.3) is 11.4 Å². The summed E-state index contributed by atoms with van der Waals surface area (Å²) in [5, 5.41) is 5.43. The maximum atomic E-state index is 12.6. The fourth-order valence-corrected chi connectivity index (χ4v) is 2.88. The SMILES string of the molecule is CCc1cc(=O)n(CC(=O)Nc2ccc(NC(C)=O)cc2)c(-c2ccccc2)n1. The summed E-state index contributed by atoms with van der Waals surface area (Å²) >= 11 is 0. The molecular formula is C22H22N4O3. The molecule has 0 atom stereocenters. The van der Waals surface area contributed by atoms with E-state index in [2.05, 4.69) is 15.6 Å². The Bertz CT molecular complexity index is 1070. The van der Waals surface area contributed by atoms with E-state index < -0.39 is 0 Å². The van der Waals surface area contributed by atoms with E-state index in [0.717, 1.165) is 5.56 Å². The van der Waals surface area contributed by atoms with E-state index in [1.165, 1.54) is 17.6 Å². The molecule has 0 aliphatic rings. The molecule has 29 heavy (non-hydrogen) atoms. The molecule has 0 unspecified atom stereocenters. The molecule has 0 aliphatic heterocycles. The molecule has 3 aromatic rings. The zero-order chi connectivity index (χ0) is 20.8. The summed E-state index contributed by atoms with van der Waals surface area (Å²) in [6.07, 6.45) is 0.628. The van der Waals surface area contributed by atoms with E-state index >= 15 is 0 Å². The van der Waals surface area contributed by atoms with Crippen molar-refractivity contribution in [3.05, 3.63) is 76.7 Å². The van der Waals surface area contributed by atoms with Gasteiger partial charge < -0.3 is 10.6 Å². The molecule has 0 fully saturated rings. The number of anilines is 2. The number of nitrogens with one attached hydrogen (secondary N) is 2. The summed E-state index contributed by atoms with van der Waals surface area (Å²) in [5.41, 5.74) is 2.38. The van der Waals surface area contributed by atoms with Crippen molar-refractivity contribution in [2.75, 3.05) is 10.6 Å². The number of benzene rings is 2. The molecule has 2 N–H and O–H groups in total. The molecule has 0 spiro atoms. The number of aryl methyl sites for hydroxylation is 1. The summed E-state index contributed by atoms with van der Waals surface area (Å²) in [5.74, 6) is -0.0497. The first-order valence-electron chi connectivity index (χ1n) is 9.30. The zero-order valence-electron chi connectivity index (χ0n) is 16.3. The van der Waals surface area contributed by atoms with Crippen molar-refractivity contribution in [3.8, 4) is 11.4 Å². The summed E-state index contributed by atoms with van der Waals surface area (Å²) in [6, 6.07) is 17.5. The molecule has 0 saturated heterocycles. The van der Waals surface area contributed by atoms with Gasteiger partial charge in [0.05, 0.1) is 0 Å². The molecule has 2 aromatic carbocycles. The molecule has 1 aromatic heterocycles. The standard InChI is InChI=1S/C22H22N4O3/c1-3-17-13-21(29)26(22(25-17)16-7-5-4-6-8-16)14-20(28)24-19-11-9-18(10-12-19)23-15(2)27/h4-13H,3,14H2,1-2H3,(H,23,27)(H,24,28). The molecule has 0 bridgehead atoms. The van der Waals surface area contributed by atoms with Crippen molar-refractivity contribution in [2.45, 2.75) is 26.8 Å². The van der Waals surface area contributed by atoms with Crippen LogP contribution in [0.3, 0.4) is 0 Å². The van der Waals surface area contributed by atoms with E-state index in [0.29, 0.717) is 29.3 Å². The second-order valence-corrected chi connectivity index (χ2v) is 6.52. The van der Waals surface area contributed by atoms with Gasteiger partial charge in [-0.15, -0.1) is 0 Å². The number of nitrogens with zero attached hydrogens (tertiary/aromatic N) is 2. The molecule has 148 valence electrons. The largest absolute Gasteiger partial charge is 0.326 e. The van der Waals surface area contributed by atoms with Gasteiger partial charge in [0.15, 0.2) is 0 Å². The minimum absolute atomic E-state index is 0.159. The summed E-state index contributed by atoms with van der Waals surface area (Å²) in [7, 11) is 0. The Morgan fingerprint density at radius 1 is 0.966 bits per heavy atom. The molecule has 7 heteroatoms. The van der Waals surface area contributed by atoms with Crippen LogP contribution in [-0.2, 0) is 22.6 Å². The predicted molar refractivity (Wildman–Crippen MR) is 113 cm³/mol. The third-order valence-electron chi connectivity index (χ3n) is 4.25. The van der Waals surface area contributed by atoms with Crippen LogP contribution in [0.5, 0.6) is 0 Å². The Labute approximate surface area is 168 Å². The van der Waals surface area contributed by atoms with Crippen molar-refractivity contribution in [1.29, 1.82) is 0 Å². The Balaban J connectivity index is 1.83. The first-order valence-corrected chi connectivity index (χ1v) is 9.30. The van der Waals surface area contributed by atoms with Gasteiger partial charge in [-0.1, -0.05) is 37.3 Å². The molecule has 0 radical (unpaired) electrons. The number of hydrogen-bond acceptors (Lipinski definition) is 4. The third kappa shape index (κ3) is 5.16. The van der Waals surface area contributed by atoms with Gasteiger partial charge in [-0.2, -0.15) is 0 Å². The van der Waals surface area contributed by atoms with Crippen LogP contribution in [0.15, 0.2) is 65.5 Å². The lowest BCUT2D eigenvalue weighted by Gasteiger charge is -2.14. The molecule has 1 heterocycles. The van der Waals surface area contributed by atoms with Crippen LogP contribution in [0.1, 0.15) is 19.5 Å². The molecular weight excluding hydrogens is 368 g/mol. The molecule has 7 nitrogen and oxygen atoms in total. The Kier molecular flexibility index (Phi) is 6.19. The minimum atomic E-state index is -0.345. The fraction of sp³-hybridized carbons (Fsp3) is 0.182. The lowest BCUT2D eigenvalue weighted by atomic mass is 10.2. The fourth-order valence-electron chi connectivity index (χ4n) is 2.88. The van der Waals surface area contributed by atoms with E-state index in [-0.39, 0.29) is 23.9 Å². The average Bonchev–Trinajstić information content (AvgIpc) is 2.71. The second kappa shape index (κ2) is 8.97. The lowest BCUT2D eigenvalue weighted by molar-refractivity contribution is -0.117. The zero-order valence-corrected chi connectivity index (χ0v) is 16.3. The monoisotopic (exact) mass is 390 g/mol. The minimum Gasteiger partial charge on any atom is -0.326 e. The van der Waals surface area contributed by atoms with Crippen molar-refractivity contribution >= 4 is 23.2 Å². The van der Waals surface area contributed by atoms with Gasteiger partial charge >= 0.3 is 0 Å². The third-order valence-corrected chi connectivity index (χ3v) is 4.25. The van der Waals surface area contributed by atoms with E-state index in [9.17, 15) is 14.4 Å². The Hall–Kier alpha value is -3.74. The van der Waals surface area contributed by atoms with E-state index in [1.807, 2.05) is 37.3 Å². The molecule has 2 amide bonds. The second-order valence-electron chi connectivity index (χ2n) is 6.52. The highest BCUT2D eigenvalue weighted by Gasteiger charge is 2.14. The highest BCUT2D eigenvalue weighted by molar-refractivity contribution is 5.92. The first kappa shape index (κ1) is 20.0. The van der Waals surface area contributed by atoms with Gasteiger partial charge in [0.2, 0.25) is 11.8 Å². The van der Waals surface area contributed by atoms with Crippen LogP contribution in [-0.4, -0.2) is 21.4 Å². The lowest BCUT2D eigenvalue weighted by Crippen LogP contribution is -2.30. The normalized spacial score (nSPS) is 10.4. The first-order chi connectivity index (χ1) is 14.0. The number of aromatic nitrogens is 2. The quantitative estimate of drug-likeness (QED) is 0.676. The predicted octanol–water partition coefficient (Wildman–Crippen LogP) is 3.07. The number of carbonyl (C=O) groups is 2. The van der Waals surface area contributed by atoms with Crippen molar-refractivity contribution in [1.82, 2.24) is 9.55 Å². The maximum absolute atomic E-state index is 12.6. The van der Waals surface area contributed by atoms with E-state index in [1.54, 1.807) is 24.3 Å². The van der Waals surface area contributed by atoms with Crippen LogP contribution >= 0.6 is 0 Å². The van der Waals surface area contributed by atoms with E-state index in [4.69, 9.17) is 0 Å². The van der Waals surface area contributed by atoms with Crippen molar-refractivity contribution < 1.29 is 9.59 Å². The van der Waals surface area contributed by atoms with Crippen LogP contribution in [0.4, 0.5) is 11.4 Å². The Morgan fingerprint density at radius 3 is 2.17 bits per heavy atom. The highest BCUT2D eigenvalue weighted by Crippen LogP contribution is 2.17. The van der Waals surface area contributed by atoms with Crippen LogP contribution < -0.4 is 16.2 Å². The summed E-state index contributed by atoms with van der Waals surface area (Å²) < 4.78 is 1.37. The highest BCUT2D eigenvalue weighted by atomic mass is 16.2. The molecule has 0 aliphatic carbocycles. The van der Waals surface area contributed by atoms with Gasteiger partial charge in [-0.25, -0.2) is 4.98 Å². The number of rotatable bonds is 6. The summed E-state index contributed by atoms with van der Waals surface area (Å²) in [4.78, 5) is 40.8. The van der Waals surface area contributed by atoms with Gasteiger partial charge in [-0.05, 0) is 30.7 Å². The van der Waals surface area contributed by atoms with Gasteiger partial charge in [0, 0.05) is 35.6 Å². The number of amides is 2. The van der Waals surface area contributed by atoms with Gasteiger partial charge in [0.25, 0.3) is 5.56 Å². The summed E-state index contributed by atoms with van der Waals surface area (Å²) in [6.45, 7) is 3.20. The number of carbonyl (C=O) groups excluding carboxylic acids is 2. The van der Waals surface area contributed by atoms with Crippen LogP contribution in [0.2, 0.25) is 0 Å². The number of hydrogen-bond donors (Lipinski definition) is 2. The van der Waals surface area contributed by atoms with Crippen LogP contribution in [0, 0.1) is 0 Å².